The van der Waals surface area contributed by atoms with Crippen molar-refractivity contribution in [2.45, 2.75) is 5.75 Å². The van der Waals surface area contributed by atoms with E-state index in [9.17, 15) is 9.90 Å². The van der Waals surface area contributed by atoms with E-state index in [1.54, 1.807) is 23.5 Å². The number of thioether (sulfide) groups is 2. The van der Waals surface area contributed by atoms with Crippen molar-refractivity contribution in [2.75, 3.05) is 18.3 Å². The number of amides is 1. The fraction of sp³-hybridized carbons (Fsp3) is 0.400. The van der Waals surface area contributed by atoms with Crippen molar-refractivity contribution >= 4 is 35.1 Å². The molecule has 0 saturated heterocycles. The normalized spacial score (nSPS) is 14.1. The summed E-state index contributed by atoms with van der Waals surface area (Å²) >= 11 is 3.18. The molecule has 4 nitrogen and oxygen atoms in total. The maximum absolute atomic E-state index is 11.7. The van der Waals surface area contributed by atoms with E-state index in [1.165, 1.54) is 0 Å². The lowest BCUT2D eigenvalue weighted by Gasteiger charge is -1.96. The summed E-state index contributed by atoms with van der Waals surface area (Å²) in [5.74, 6) is 1.15. The number of nitrogens with zero attached hydrogens (tertiary/aromatic N) is 1. The third-order valence-electron chi connectivity index (χ3n) is 2.37. The molecule has 1 aromatic rings. The molecule has 0 atom stereocenters. The van der Waals surface area contributed by atoms with Crippen molar-refractivity contribution in [3.05, 3.63) is 16.8 Å². The largest absolute Gasteiger partial charge is 0.494 e. The summed E-state index contributed by atoms with van der Waals surface area (Å²) in [5.41, 5.74) is 2.60. The van der Waals surface area contributed by atoms with E-state index in [-0.39, 0.29) is 11.8 Å². The van der Waals surface area contributed by atoms with Crippen molar-refractivity contribution in [3.8, 4) is 5.88 Å². The summed E-state index contributed by atoms with van der Waals surface area (Å²) < 4.78 is 0. The zero-order valence-corrected chi connectivity index (χ0v) is 10.7. The van der Waals surface area contributed by atoms with Gasteiger partial charge in [0.2, 0.25) is 0 Å². The Hall–Kier alpha value is -0.880. The van der Waals surface area contributed by atoms with Gasteiger partial charge in [-0.25, -0.2) is 4.99 Å². The fourth-order valence-corrected chi connectivity index (χ4v) is 2.77. The van der Waals surface area contributed by atoms with Crippen LogP contribution in [0.4, 0.5) is 0 Å². The van der Waals surface area contributed by atoms with Gasteiger partial charge in [0.05, 0.1) is 16.8 Å². The number of aliphatic imine (C=N–C) groups is 1. The average molecular weight is 256 g/mol. The summed E-state index contributed by atoms with van der Waals surface area (Å²) in [6.07, 6.45) is 3.89. The lowest BCUT2D eigenvalue weighted by Crippen LogP contribution is -2.00. The number of aromatic amines is 1. The van der Waals surface area contributed by atoms with Gasteiger partial charge < -0.3 is 10.1 Å². The van der Waals surface area contributed by atoms with Crippen LogP contribution < -0.4 is 0 Å². The number of aromatic nitrogens is 1. The predicted molar refractivity (Wildman–Crippen MR) is 68.9 cm³/mol. The Balaban J connectivity index is 2.46. The van der Waals surface area contributed by atoms with Gasteiger partial charge in [0.1, 0.15) is 0 Å². The van der Waals surface area contributed by atoms with Gasteiger partial charge in [-0.1, -0.05) is 0 Å². The highest BCUT2D eigenvalue weighted by Crippen LogP contribution is 2.32. The number of carbonyl (C=O) groups excluding carboxylic acids is 1. The van der Waals surface area contributed by atoms with Gasteiger partial charge in [-0.2, -0.15) is 23.5 Å². The smallest absolute Gasteiger partial charge is 0.279 e. The second-order valence-corrected chi connectivity index (χ2v) is 5.16. The zero-order chi connectivity index (χ0) is 11.7. The van der Waals surface area contributed by atoms with Crippen LogP contribution in [0.15, 0.2) is 4.99 Å². The molecule has 0 aromatic carbocycles. The number of fused-ring (bicyclic) bond motifs is 1. The number of nitrogens with one attached hydrogen (secondary N) is 1. The van der Waals surface area contributed by atoms with Gasteiger partial charge in [-0.15, -0.1) is 0 Å². The van der Waals surface area contributed by atoms with Crippen molar-refractivity contribution in [1.29, 1.82) is 0 Å². The minimum absolute atomic E-state index is 0.0673. The number of aromatic hydroxyl groups is 1. The number of carbonyl (C=O) groups is 1. The molecule has 0 spiro atoms. The predicted octanol–water partition coefficient (Wildman–Crippen LogP) is 1.89. The number of H-pyrrole nitrogens is 1. The van der Waals surface area contributed by atoms with Gasteiger partial charge in [0, 0.05) is 17.2 Å². The SMILES string of the molecule is CSCC1=NC(=O)c2c(CSC)[nH]c(O)c21. The van der Waals surface area contributed by atoms with Gasteiger partial charge in [0.15, 0.2) is 5.88 Å². The van der Waals surface area contributed by atoms with E-state index < -0.39 is 0 Å². The van der Waals surface area contributed by atoms with E-state index in [4.69, 9.17) is 0 Å². The first-order valence-electron chi connectivity index (χ1n) is 4.73. The highest BCUT2D eigenvalue weighted by molar-refractivity contribution is 7.99. The van der Waals surface area contributed by atoms with Gasteiger partial charge in [-0.3, -0.25) is 4.79 Å². The number of hydrogen-bond donors (Lipinski definition) is 2. The molecule has 0 saturated carbocycles. The van der Waals surface area contributed by atoms with Crippen LogP contribution >= 0.6 is 23.5 Å². The summed E-state index contributed by atoms with van der Waals surface area (Å²) in [6.45, 7) is 0. The molecule has 2 heterocycles. The molecule has 1 aliphatic heterocycles. The van der Waals surface area contributed by atoms with Crippen LogP contribution in [0.25, 0.3) is 0 Å². The Labute approximate surface area is 102 Å². The molecule has 0 fully saturated rings. The van der Waals surface area contributed by atoms with Gasteiger partial charge in [-0.05, 0) is 12.5 Å². The summed E-state index contributed by atoms with van der Waals surface area (Å²) in [6, 6.07) is 0. The Morgan fingerprint density at radius 1 is 1.25 bits per heavy atom. The summed E-state index contributed by atoms with van der Waals surface area (Å²) in [4.78, 5) is 18.6. The lowest BCUT2D eigenvalue weighted by atomic mass is 10.1. The molecule has 6 heteroatoms. The van der Waals surface area contributed by atoms with Gasteiger partial charge >= 0.3 is 0 Å². The maximum atomic E-state index is 11.7. The molecule has 0 radical (unpaired) electrons. The third-order valence-corrected chi connectivity index (χ3v) is 3.51. The summed E-state index contributed by atoms with van der Waals surface area (Å²) in [7, 11) is 0. The second-order valence-electron chi connectivity index (χ2n) is 3.43. The molecule has 2 rings (SSSR count). The molecule has 1 amide bonds. The number of hydrogen-bond acceptors (Lipinski definition) is 4. The Kier molecular flexibility index (Phi) is 3.30. The molecular weight excluding hydrogens is 244 g/mol. The Morgan fingerprint density at radius 3 is 2.56 bits per heavy atom. The molecule has 0 unspecified atom stereocenters. The molecular formula is C10H12N2O2S2. The Bertz CT molecular complexity index is 466. The highest BCUT2D eigenvalue weighted by atomic mass is 32.2. The molecule has 16 heavy (non-hydrogen) atoms. The molecule has 0 aliphatic carbocycles. The maximum Gasteiger partial charge on any atom is 0.279 e. The lowest BCUT2D eigenvalue weighted by molar-refractivity contribution is 0.101. The van der Waals surface area contributed by atoms with Crippen molar-refractivity contribution in [3.63, 3.8) is 0 Å². The fourth-order valence-electron chi connectivity index (χ4n) is 1.78. The van der Waals surface area contributed by atoms with Crippen molar-refractivity contribution in [2.24, 2.45) is 4.99 Å². The number of rotatable bonds is 4. The first kappa shape index (κ1) is 11.6. The van der Waals surface area contributed by atoms with E-state index in [0.717, 1.165) is 5.69 Å². The minimum Gasteiger partial charge on any atom is -0.494 e. The van der Waals surface area contributed by atoms with E-state index in [1.807, 2.05) is 12.5 Å². The van der Waals surface area contributed by atoms with E-state index in [2.05, 4.69) is 9.98 Å². The van der Waals surface area contributed by atoms with Gasteiger partial charge in [0.25, 0.3) is 5.91 Å². The third kappa shape index (κ3) is 1.76. The molecule has 1 aromatic heterocycles. The molecule has 86 valence electrons. The van der Waals surface area contributed by atoms with Crippen molar-refractivity contribution in [1.82, 2.24) is 4.98 Å². The highest BCUT2D eigenvalue weighted by Gasteiger charge is 2.31. The van der Waals surface area contributed by atoms with Crippen LogP contribution in [0.5, 0.6) is 5.88 Å². The minimum atomic E-state index is -0.236. The second kappa shape index (κ2) is 4.55. The van der Waals surface area contributed by atoms with Crippen LogP contribution in [0, 0.1) is 0 Å². The standard InChI is InChI=1S/C10H12N2O2S2/c1-15-3-5-7-8(10(14)11-5)6(4-16-2)12-9(7)13/h11,14H,3-4H2,1-2H3. The quantitative estimate of drug-likeness (QED) is 0.863. The van der Waals surface area contributed by atoms with Crippen LogP contribution in [0.3, 0.4) is 0 Å². The topological polar surface area (TPSA) is 65.5 Å². The molecule has 2 N–H and O–H groups in total. The monoisotopic (exact) mass is 256 g/mol. The van der Waals surface area contributed by atoms with Crippen molar-refractivity contribution < 1.29 is 9.90 Å². The Morgan fingerprint density at radius 2 is 1.94 bits per heavy atom. The average Bonchev–Trinajstić information content (AvgIpc) is 2.71. The molecule has 0 bridgehead atoms. The van der Waals surface area contributed by atoms with Crippen LogP contribution in [-0.2, 0) is 5.75 Å². The van der Waals surface area contributed by atoms with E-state index >= 15 is 0 Å². The van der Waals surface area contributed by atoms with E-state index in [0.29, 0.717) is 28.3 Å². The zero-order valence-electron chi connectivity index (χ0n) is 9.03. The summed E-state index contributed by atoms with van der Waals surface area (Å²) in [5, 5.41) is 9.79. The first-order valence-corrected chi connectivity index (χ1v) is 7.51. The first-order chi connectivity index (χ1) is 7.69. The molecule has 1 aliphatic rings. The van der Waals surface area contributed by atoms with Crippen LogP contribution in [0.1, 0.15) is 21.6 Å². The van der Waals surface area contributed by atoms with Crippen LogP contribution in [0.2, 0.25) is 0 Å². The van der Waals surface area contributed by atoms with Crippen LogP contribution in [-0.4, -0.2) is 40.0 Å².